The van der Waals surface area contributed by atoms with Gasteiger partial charge in [-0.2, -0.15) is 13.2 Å². The number of hydrogen-bond acceptors (Lipinski definition) is 3. The van der Waals surface area contributed by atoms with Crippen LogP contribution in [0, 0.1) is 5.82 Å². The lowest BCUT2D eigenvalue weighted by molar-refractivity contribution is -0.141. The number of benzene rings is 1. The average molecular weight is 299 g/mol. The lowest BCUT2D eigenvalue weighted by Gasteiger charge is -2.12. The second-order valence-electron chi connectivity index (χ2n) is 4.09. The Kier molecular flexibility index (Phi) is 3.79. The zero-order valence-electron chi connectivity index (χ0n) is 10.4. The van der Waals surface area contributed by atoms with E-state index in [0.29, 0.717) is 6.07 Å². The van der Waals surface area contributed by atoms with Gasteiger partial charge in [-0.15, -0.1) is 0 Å². The summed E-state index contributed by atoms with van der Waals surface area (Å²) in [7, 11) is 0. The number of carbonyl (C=O) groups excluding carboxylic acids is 1. The fraction of sp³-hybridized carbons (Fsp3) is 0.0769. The molecular formula is C13H9F4N3O. The smallest absolute Gasteiger partial charge is 0.365 e. The molecule has 3 N–H and O–H groups in total. The lowest BCUT2D eigenvalue weighted by atomic mass is 10.2. The molecule has 0 aliphatic heterocycles. The number of nitrogens with two attached hydrogens (primary N) is 1. The SMILES string of the molecule is NC(=O)c1ccc(C(F)(F)F)nc1Nc1cccc(F)c1. The van der Waals surface area contributed by atoms with Crippen molar-refractivity contribution < 1.29 is 22.4 Å². The molecule has 0 aliphatic rings. The third-order valence-electron chi connectivity index (χ3n) is 2.54. The summed E-state index contributed by atoms with van der Waals surface area (Å²) in [6.07, 6.45) is -4.67. The van der Waals surface area contributed by atoms with Crippen molar-refractivity contribution in [2.24, 2.45) is 5.73 Å². The maximum Gasteiger partial charge on any atom is 0.433 e. The maximum atomic E-state index is 13.1. The number of nitrogens with zero attached hydrogens (tertiary/aromatic N) is 1. The minimum atomic E-state index is -4.67. The first-order chi connectivity index (χ1) is 9.77. The number of amides is 1. The molecule has 2 aromatic rings. The van der Waals surface area contributed by atoms with Gasteiger partial charge in [0, 0.05) is 5.69 Å². The quantitative estimate of drug-likeness (QED) is 0.856. The van der Waals surface area contributed by atoms with Crippen molar-refractivity contribution in [3.05, 3.63) is 53.5 Å². The van der Waals surface area contributed by atoms with Gasteiger partial charge in [-0.1, -0.05) is 6.07 Å². The summed E-state index contributed by atoms with van der Waals surface area (Å²) in [5.41, 5.74) is 3.81. The van der Waals surface area contributed by atoms with Gasteiger partial charge in [0.2, 0.25) is 0 Å². The summed E-state index contributed by atoms with van der Waals surface area (Å²) >= 11 is 0. The summed E-state index contributed by atoms with van der Waals surface area (Å²) in [5, 5.41) is 2.46. The Morgan fingerprint density at radius 2 is 1.90 bits per heavy atom. The van der Waals surface area contributed by atoms with E-state index in [1.165, 1.54) is 18.2 Å². The highest BCUT2D eigenvalue weighted by atomic mass is 19.4. The van der Waals surface area contributed by atoms with Gasteiger partial charge in [0.15, 0.2) is 0 Å². The average Bonchev–Trinajstić information content (AvgIpc) is 2.37. The number of anilines is 2. The van der Waals surface area contributed by atoms with Gasteiger partial charge >= 0.3 is 6.18 Å². The van der Waals surface area contributed by atoms with Crippen molar-refractivity contribution >= 4 is 17.4 Å². The van der Waals surface area contributed by atoms with E-state index in [4.69, 9.17) is 5.73 Å². The van der Waals surface area contributed by atoms with E-state index in [1.54, 1.807) is 0 Å². The predicted octanol–water partition coefficient (Wildman–Crippen LogP) is 3.08. The molecule has 0 unspecified atom stereocenters. The molecule has 0 spiro atoms. The number of pyridine rings is 1. The van der Waals surface area contributed by atoms with Crippen molar-refractivity contribution in [2.45, 2.75) is 6.18 Å². The lowest BCUT2D eigenvalue weighted by Crippen LogP contribution is -2.17. The van der Waals surface area contributed by atoms with Crippen LogP contribution < -0.4 is 11.1 Å². The zero-order chi connectivity index (χ0) is 15.6. The fourth-order valence-electron chi connectivity index (χ4n) is 1.61. The molecular weight excluding hydrogens is 290 g/mol. The Morgan fingerprint density at radius 3 is 2.48 bits per heavy atom. The predicted molar refractivity (Wildman–Crippen MR) is 67.4 cm³/mol. The molecule has 0 atom stereocenters. The van der Waals surface area contributed by atoms with Crippen LogP contribution in [0.15, 0.2) is 36.4 Å². The first-order valence-corrected chi connectivity index (χ1v) is 5.68. The molecule has 21 heavy (non-hydrogen) atoms. The number of primary amides is 1. The molecule has 1 aromatic heterocycles. The Balaban J connectivity index is 2.46. The normalized spacial score (nSPS) is 11.2. The van der Waals surface area contributed by atoms with Crippen LogP contribution in [0.3, 0.4) is 0 Å². The van der Waals surface area contributed by atoms with Gasteiger partial charge < -0.3 is 11.1 Å². The number of halogens is 4. The molecule has 4 nitrogen and oxygen atoms in total. The third-order valence-corrected chi connectivity index (χ3v) is 2.54. The Bertz CT molecular complexity index is 685. The minimum Gasteiger partial charge on any atom is -0.365 e. The topological polar surface area (TPSA) is 68.0 Å². The number of nitrogens with one attached hydrogen (secondary N) is 1. The molecule has 0 fully saturated rings. The van der Waals surface area contributed by atoms with E-state index in [2.05, 4.69) is 10.3 Å². The Labute approximate surface area is 116 Å². The number of hydrogen-bond donors (Lipinski definition) is 2. The molecule has 1 amide bonds. The number of aromatic nitrogens is 1. The van der Waals surface area contributed by atoms with Gasteiger partial charge in [-0.05, 0) is 30.3 Å². The molecule has 0 aliphatic carbocycles. The van der Waals surface area contributed by atoms with E-state index in [-0.39, 0.29) is 17.1 Å². The molecule has 0 radical (unpaired) electrons. The van der Waals surface area contributed by atoms with Gasteiger partial charge in [-0.25, -0.2) is 9.37 Å². The van der Waals surface area contributed by atoms with Crippen LogP contribution in [0.5, 0.6) is 0 Å². The number of rotatable bonds is 3. The maximum absolute atomic E-state index is 13.1. The van der Waals surface area contributed by atoms with Gasteiger partial charge in [0.25, 0.3) is 5.91 Å². The first-order valence-electron chi connectivity index (χ1n) is 5.68. The summed E-state index contributed by atoms with van der Waals surface area (Å²) in [5.74, 6) is -1.93. The van der Waals surface area contributed by atoms with Crippen LogP contribution in [-0.2, 0) is 6.18 Å². The second kappa shape index (κ2) is 5.39. The summed E-state index contributed by atoms with van der Waals surface area (Å²) in [6, 6.07) is 6.55. The first kappa shape index (κ1) is 14.8. The Morgan fingerprint density at radius 1 is 1.19 bits per heavy atom. The Hall–Kier alpha value is -2.64. The van der Waals surface area contributed by atoms with Gasteiger partial charge in [0.1, 0.15) is 17.3 Å². The van der Waals surface area contributed by atoms with Crippen LogP contribution in [0.4, 0.5) is 29.1 Å². The monoisotopic (exact) mass is 299 g/mol. The second-order valence-corrected chi connectivity index (χ2v) is 4.09. The van der Waals surface area contributed by atoms with Crippen molar-refractivity contribution in [1.82, 2.24) is 4.98 Å². The molecule has 0 saturated heterocycles. The van der Waals surface area contributed by atoms with E-state index in [9.17, 15) is 22.4 Å². The van der Waals surface area contributed by atoms with Crippen molar-refractivity contribution in [2.75, 3.05) is 5.32 Å². The van der Waals surface area contributed by atoms with Crippen LogP contribution in [0.2, 0.25) is 0 Å². The highest BCUT2D eigenvalue weighted by molar-refractivity contribution is 5.98. The highest BCUT2D eigenvalue weighted by Gasteiger charge is 2.33. The van der Waals surface area contributed by atoms with E-state index in [1.807, 2.05) is 0 Å². The zero-order valence-corrected chi connectivity index (χ0v) is 10.4. The minimum absolute atomic E-state index is 0.143. The number of alkyl halides is 3. The summed E-state index contributed by atoms with van der Waals surface area (Å²) in [6.45, 7) is 0. The molecule has 2 rings (SSSR count). The summed E-state index contributed by atoms with van der Waals surface area (Å²) in [4.78, 5) is 14.6. The van der Waals surface area contributed by atoms with E-state index < -0.39 is 23.6 Å². The van der Waals surface area contributed by atoms with Crippen LogP contribution in [-0.4, -0.2) is 10.9 Å². The third kappa shape index (κ3) is 3.47. The van der Waals surface area contributed by atoms with Crippen molar-refractivity contribution in [1.29, 1.82) is 0 Å². The van der Waals surface area contributed by atoms with Gasteiger partial charge in [0.05, 0.1) is 5.56 Å². The van der Waals surface area contributed by atoms with Crippen molar-refractivity contribution in [3.63, 3.8) is 0 Å². The van der Waals surface area contributed by atoms with Crippen LogP contribution >= 0.6 is 0 Å². The van der Waals surface area contributed by atoms with E-state index in [0.717, 1.165) is 12.1 Å². The highest BCUT2D eigenvalue weighted by Crippen LogP contribution is 2.30. The largest absolute Gasteiger partial charge is 0.433 e. The molecule has 1 heterocycles. The molecule has 0 saturated carbocycles. The van der Waals surface area contributed by atoms with Crippen molar-refractivity contribution in [3.8, 4) is 0 Å². The molecule has 1 aromatic carbocycles. The van der Waals surface area contributed by atoms with Crippen LogP contribution in [0.25, 0.3) is 0 Å². The number of carbonyl (C=O) groups is 1. The summed E-state index contributed by atoms with van der Waals surface area (Å²) < 4.78 is 51.0. The molecule has 8 heteroatoms. The van der Waals surface area contributed by atoms with Gasteiger partial charge in [-0.3, -0.25) is 4.79 Å². The molecule has 0 bridgehead atoms. The fourth-order valence-corrected chi connectivity index (χ4v) is 1.61. The molecule has 110 valence electrons. The van der Waals surface area contributed by atoms with Crippen LogP contribution in [0.1, 0.15) is 16.1 Å². The standard InChI is InChI=1S/C13H9F4N3O/c14-7-2-1-3-8(6-7)19-12-9(11(18)21)4-5-10(20-12)13(15,16)17/h1-6H,(H2,18,21)(H,19,20). The van der Waals surface area contributed by atoms with E-state index >= 15 is 0 Å².